The number of hydrogen-bond acceptors (Lipinski definition) is 3. The van der Waals surface area contributed by atoms with Crippen molar-refractivity contribution in [1.29, 1.82) is 0 Å². The molecule has 138 valence electrons. The third-order valence-corrected chi connectivity index (χ3v) is 5.70. The topological polar surface area (TPSA) is 63.2 Å². The molecular weight excluding hydrogens is 382 g/mol. The van der Waals surface area contributed by atoms with Gasteiger partial charge in [-0.25, -0.2) is 8.42 Å². The molecule has 4 nitrogen and oxygen atoms in total. The van der Waals surface area contributed by atoms with Gasteiger partial charge in [0.05, 0.1) is 11.5 Å². The largest absolute Gasteiger partial charge is 0.322 e. The van der Waals surface area contributed by atoms with Gasteiger partial charge in [-0.05, 0) is 41.5 Å². The van der Waals surface area contributed by atoms with Crippen LogP contribution in [0.25, 0.3) is 0 Å². The molecule has 1 N–H and O–H groups in total. The van der Waals surface area contributed by atoms with Crippen molar-refractivity contribution < 1.29 is 13.2 Å². The van der Waals surface area contributed by atoms with E-state index in [4.69, 9.17) is 11.6 Å². The Morgan fingerprint density at radius 1 is 0.815 bits per heavy atom. The summed E-state index contributed by atoms with van der Waals surface area (Å²) in [4.78, 5) is 12.3. The van der Waals surface area contributed by atoms with Gasteiger partial charge in [-0.1, -0.05) is 60.1 Å². The predicted molar refractivity (Wildman–Crippen MR) is 109 cm³/mol. The van der Waals surface area contributed by atoms with E-state index in [2.05, 4.69) is 5.32 Å². The van der Waals surface area contributed by atoms with Gasteiger partial charge in [-0.2, -0.15) is 0 Å². The first-order valence-electron chi connectivity index (χ1n) is 8.31. The second-order valence-corrected chi connectivity index (χ2v) is 8.68. The summed E-state index contributed by atoms with van der Waals surface area (Å²) >= 11 is 5.91. The smallest absolute Gasteiger partial charge is 0.255 e. The normalized spacial score (nSPS) is 11.1. The maximum absolute atomic E-state index is 12.4. The molecule has 0 saturated carbocycles. The number of carbonyl (C=O) groups is 1. The second-order valence-electron chi connectivity index (χ2n) is 6.18. The van der Waals surface area contributed by atoms with E-state index in [-0.39, 0.29) is 17.4 Å². The lowest BCUT2D eigenvalue weighted by Gasteiger charge is -2.08. The van der Waals surface area contributed by atoms with Crippen molar-refractivity contribution in [3.05, 3.63) is 101 Å². The van der Waals surface area contributed by atoms with Crippen molar-refractivity contribution >= 4 is 33.0 Å². The molecule has 0 aliphatic heterocycles. The number of halogens is 1. The number of rotatable bonds is 6. The highest BCUT2D eigenvalue weighted by Crippen LogP contribution is 2.17. The molecule has 6 heteroatoms. The highest BCUT2D eigenvalue weighted by atomic mass is 35.5. The molecule has 0 spiro atoms. The molecule has 0 heterocycles. The standard InChI is InChI=1S/C21H18ClNO3S/c22-19-7-4-8-20(13-19)23-21(24)18-11-9-17(10-12-18)15-27(25,26)14-16-5-2-1-3-6-16/h1-13H,14-15H2,(H,23,24). The van der Waals surface area contributed by atoms with Crippen LogP contribution in [0, 0.1) is 0 Å². The Morgan fingerprint density at radius 2 is 1.44 bits per heavy atom. The molecule has 0 unspecified atom stereocenters. The van der Waals surface area contributed by atoms with Crippen LogP contribution in [0.5, 0.6) is 0 Å². The Kier molecular flexibility index (Phi) is 5.94. The second kappa shape index (κ2) is 8.37. The number of benzene rings is 3. The SMILES string of the molecule is O=C(Nc1cccc(Cl)c1)c1ccc(CS(=O)(=O)Cc2ccccc2)cc1. The highest BCUT2D eigenvalue weighted by molar-refractivity contribution is 7.89. The van der Waals surface area contributed by atoms with Gasteiger partial charge in [0.2, 0.25) is 0 Å². The van der Waals surface area contributed by atoms with Gasteiger partial charge in [0.1, 0.15) is 0 Å². The number of anilines is 1. The first-order valence-corrected chi connectivity index (χ1v) is 10.5. The molecule has 0 bridgehead atoms. The van der Waals surface area contributed by atoms with E-state index >= 15 is 0 Å². The van der Waals surface area contributed by atoms with Crippen molar-refractivity contribution in [3.8, 4) is 0 Å². The lowest BCUT2D eigenvalue weighted by Crippen LogP contribution is -2.12. The van der Waals surface area contributed by atoms with E-state index < -0.39 is 9.84 Å². The van der Waals surface area contributed by atoms with Crippen LogP contribution >= 0.6 is 11.6 Å². The molecular formula is C21H18ClNO3S. The van der Waals surface area contributed by atoms with Gasteiger partial charge in [-0.3, -0.25) is 4.79 Å². The Labute approximate surface area is 163 Å². The summed E-state index contributed by atoms with van der Waals surface area (Å²) in [6.07, 6.45) is 0. The summed E-state index contributed by atoms with van der Waals surface area (Å²) in [5, 5.41) is 3.29. The molecule has 3 aromatic rings. The van der Waals surface area contributed by atoms with E-state index in [1.807, 2.05) is 18.2 Å². The fraction of sp³-hybridized carbons (Fsp3) is 0.0952. The molecule has 3 aromatic carbocycles. The Balaban J connectivity index is 1.65. The van der Waals surface area contributed by atoms with E-state index in [0.29, 0.717) is 21.8 Å². The van der Waals surface area contributed by atoms with Crippen molar-refractivity contribution in [1.82, 2.24) is 0 Å². The van der Waals surface area contributed by atoms with E-state index in [1.54, 1.807) is 60.7 Å². The Bertz CT molecular complexity index is 1030. The third-order valence-electron chi connectivity index (χ3n) is 3.91. The monoisotopic (exact) mass is 399 g/mol. The minimum absolute atomic E-state index is 0.00908. The van der Waals surface area contributed by atoms with Crippen molar-refractivity contribution in [3.63, 3.8) is 0 Å². The molecule has 0 aliphatic rings. The molecule has 3 rings (SSSR count). The number of carbonyl (C=O) groups excluding carboxylic acids is 1. The van der Waals surface area contributed by atoms with E-state index in [1.165, 1.54) is 0 Å². The zero-order valence-electron chi connectivity index (χ0n) is 14.4. The predicted octanol–water partition coefficient (Wildman–Crippen LogP) is 4.71. The van der Waals surface area contributed by atoms with Gasteiger partial charge < -0.3 is 5.32 Å². The lowest BCUT2D eigenvalue weighted by molar-refractivity contribution is 0.102. The van der Waals surface area contributed by atoms with Crippen LogP contribution in [-0.2, 0) is 21.3 Å². The Hall–Kier alpha value is -2.63. The first kappa shape index (κ1) is 19.1. The molecule has 0 radical (unpaired) electrons. The quantitative estimate of drug-likeness (QED) is 0.653. The number of sulfone groups is 1. The third kappa shape index (κ3) is 5.67. The first-order chi connectivity index (χ1) is 12.9. The molecule has 0 aliphatic carbocycles. The molecule has 0 fully saturated rings. The van der Waals surface area contributed by atoms with Gasteiger partial charge in [0, 0.05) is 16.3 Å². The fourth-order valence-corrected chi connectivity index (χ4v) is 4.35. The maximum atomic E-state index is 12.4. The summed E-state index contributed by atoms with van der Waals surface area (Å²) in [5.74, 6) is -0.362. The van der Waals surface area contributed by atoms with E-state index in [0.717, 1.165) is 5.56 Å². The summed E-state index contributed by atoms with van der Waals surface area (Å²) < 4.78 is 24.7. The summed E-state index contributed by atoms with van der Waals surface area (Å²) in [6.45, 7) is 0. The lowest BCUT2D eigenvalue weighted by atomic mass is 10.1. The molecule has 0 atom stereocenters. The van der Waals surface area contributed by atoms with Crippen molar-refractivity contribution in [2.24, 2.45) is 0 Å². The molecule has 0 saturated heterocycles. The average Bonchev–Trinajstić information content (AvgIpc) is 2.62. The van der Waals surface area contributed by atoms with Gasteiger partial charge in [-0.15, -0.1) is 0 Å². The van der Waals surface area contributed by atoms with Crippen LogP contribution in [0.1, 0.15) is 21.5 Å². The van der Waals surface area contributed by atoms with Gasteiger partial charge >= 0.3 is 0 Å². The van der Waals surface area contributed by atoms with Crippen LogP contribution < -0.4 is 5.32 Å². The zero-order valence-corrected chi connectivity index (χ0v) is 16.0. The number of amides is 1. The zero-order chi connectivity index (χ0) is 19.3. The summed E-state index contributed by atoms with van der Waals surface area (Å²) in [6, 6.07) is 22.5. The van der Waals surface area contributed by atoms with Crippen molar-refractivity contribution in [2.45, 2.75) is 11.5 Å². The fourth-order valence-electron chi connectivity index (χ4n) is 2.65. The minimum Gasteiger partial charge on any atom is -0.322 e. The summed E-state index contributed by atoms with van der Waals surface area (Å²) in [7, 11) is -3.29. The van der Waals surface area contributed by atoms with E-state index in [9.17, 15) is 13.2 Å². The van der Waals surface area contributed by atoms with Gasteiger partial charge in [0.25, 0.3) is 5.91 Å². The number of hydrogen-bond donors (Lipinski definition) is 1. The summed E-state index contributed by atoms with van der Waals surface area (Å²) in [5.41, 5.74) is 2.45. The van der Waals surface area contributed by atoms with Crippen LogP contribution in [0.2, 0.25) is 5.02 Å². The Morgan fingerprint density at radius 3 is 2.07 bits per heavy atom. The molecule has 1 amide bonds. The van der Waals surface area contributed by atoms with Gasteiger partial charge in [0.15, 0.2) is 9.84 Å². The van der Waals surface area contributed by atoms with Crippen molar-refractivity contribution in [2.75, 3.05) is 5.32 Å². The van der Waals surface area contributed by atoms with Crippen LogP contribution in [0.3, 0.4) is 0 Å². The average molecular weight is 400 g/mol. The highest BCUT2D eigenvalue weighted by Gasteiger charge is 2.14. The van der Waals surface area contributed by atoms with Crippen LogP contribution in [-0.4, -0.2) is 14.3 Å². The molecule has 27 heavy (non-hydrogen) atoms. The number of nitrogens with one attached hydrogen (secondary N) is 1. The van der Waals surface area contributed by atoms with Crippen LogP contribution in [0.4, 0.5) is 5.69 Å². The molecule has 0 aromatic heterocycles. The minimum atomic E-state index is -3.29. The van der Waals surface area contributed by atoms with Crippen LogP contribution in [0.15, 0.2) is 78.9 Å². The maximum Gasteiger partial charge on any atom is 0.255 e.